The number of carboxylic acid groups (broad SMARTS) is 1. The fraction of sp³-hybridized carbons (Fsp3) is 0.500. The molecule has 1 saturated carbocycles. The maximum atomic E-state index is 12.6. The summed E-state index contributed by atoms with van der Waals surface area (Å²) in [6.45, 7) is 2.04. The number of rotatable bonds is 5. The molecule has 1 heterocycles. The number of aliphatic carboxylic acids is 1. The molecule has 0 radical (unpaired) electrons. The molecule has 1 aliphatic heterocycles. The minimum atomic E-state index is -0.963. The van der Waals surface area contributed by atoms with Crippen LogP contribution < -0.4 is 5.32 Å². The van der Waals surface area contributed by atoms with E-state index in [-0.39, 0.29) is 29.7 Å². The Balaban J connectivity index is 1.81. The molecular formula is C16H19N3O5. The quantitative estimate of drug-likeness (QED) is 0.630. The first-order valence-corrected chi connectivity index (χ1v) is 7.88. The van der Waals surface area contributed by atoms with Crippen molar-refractivity contribution in [2.75, 3.05) is 18.4 Å². The van der Waals surface area contributed by atoms with Crippen molar-refractivity contribution in [3.8, 4) is 0 Å². The third-order valence-electron chi connectivity index (χ3n) is 4.66. The van der Waals surface area contributed by atoms with Crippen LogP contribution in [-0.2, 0) is 4.79 Å². The second-order valence-electron chi connectivity index (χ2n) is 6.75. The molecule has 0 bridgehead atoms. The van der Waals surface area contributed by atoms with E-state index < -0.39 is 16.3 Å². The number of carbonyl (C=O) groups is 2. The van der Waals surface area contributed by atoms with Crippen LogP contribution in [0.5, 0.6) is 0 Å². The molecule has 3 rings (SSSR count). The molecule has 1 amide bonds. The second kappa shape index (κ2) is 5.77. The topological polar surface area (TPSA) is 113 Å². The zero-order valence-corrected chi connectivity index (χ0v) is 13.3. The summed E-state index contributed by atoms with van der Waals surface area (Å²) in [5.74, 6) is -1.31. The highest BCUT2D eigenvalue weighted by atomic mass is 16.6. The number of nitro groups is 1. The predicted octanol–water partition coefficient (Wildman–Crippen LogP) is 2.11. The summed E-state index contributed by atoms with van der Waals surface area (Å²) in [6.07, 6.45) is 2.34. The van der Waals surface area contributed by atoms with Crippen LogP contribution in [0.15, 0.2) is 18.2 Å². The van der Waals surface area contributed by atoms with E-state index in [9.17, 15) is 24.8 Å². The first-order valence-electron chi connectivity index (χ1n) is 7.88. The van der Waals surface area contributed by atoms with Gasteiger partial charge in [0, 0.05) is 30.8 Å². The normalized spacial score (nSPS) is 23.1. The number of likely N-dealkylation sites (tertiary alicyclic amines) is 1. The average Bonchev–Trinajstić information content (AvgIpc) is 3.26. The third kappa shape index (κ3) is 3.04. The standard InChI is InChI=1S/C16H19N3O5/c1-16(15(21)22)6-7-18(9-16)14(20)10-2-5-12(17-11-3-4-11)13(8-10)19(23)24/h2,5,8,11,17H,3-4,6-7,9H2,1H3,(H,21,22). The molecule has 2 fully saturated rings. The molecule has 128 valence electrons. The molecule has 0 aromatic heterocycles. The van der Waals surface area contributed by atoms with Gasteiger partial charge in [0.05, 0.1) is 10.3 Å². The summed E-state index contributed by atoms with van der Waals surface area (Å²) in [7, 11) is 0. The van der Waals surface area contributed by atoms with Crippen molar-refractivity contribution in [3.05, 3.63) is 33.9 Å². The van der Waals surface area contributed by atoms with E-state index in [4.69, 9.17) is 0 Å². The Morgan fingerprint density at radius 2 is 2.12 bits per heavy atom. The largest absolute Gasteiger partial charge is 0.481 e. The number of carbonyl (C=O) groups excluding carboxylic acids is 1. The van der Waals surface area contributed by atoms with Crippen LogP contribution in [0.1, 0.15) is 36.5 Å². The van der Waals surface area contributed by atoms with Gasteiger partial charge < -0.3 is 15.3 Å². The van der Waals surface area contributed by atoms with Crippen molar-refractivity contribution in [1.29, 1.82) is 0 Å². The van der Waals surface area contributed by atoms with Gasteiger partial charge >= 0.3 is 5.97 Å². The van der Waals surface area contributed by atoms with E-state index in [1.165, 1.54) is 11.0 Å². The van der Waals surface area contributed by atoms with Gasteiger partial charge in [0.2, 0.25) is 0 Å². The van der Waals surface area contributed by atoms with Crippen LogP contribution in [0.2, 0.25) is 0 Å². The first-order chi connectivity index (χ1) is 11.3. The van der Waals surface area contributed by atoms with E-state index >= 15 is 0 Å². The van der Waals surface area contributed by atoms with Crippen LogP contribution in [0, 0.1) is 15.5 Å². The Morgan fingerprint density at radius 1 is 1.42 bits per heavy atom. The van der Waals surface area contributed by atoms with Gasteiger partial charge in [0.15, 0.2) is 0 Å². The summed E-state index contributed by atoms with van der Waals surface area (Å²) in [6, 6.07) is 4.64. The van der Waals surface area contributed by atoms with Crippen molar-refractivity contribution in [2.24, 2.45) is 5.41 Å². The predicted molar refractivity (Wildman–Crippen MR) is 86.0 cm³/mol. The lowest BCUT2D eigenvalue weighted by molar-refractivity contribution is -0.384. The van der Waals surface area contributed by atoms with Crippen molar-refractivity contribution in [1.82, 2.24) is 4.90 Å². The zero-order valence-electron chi connectivity index (χ0n) is 13.3. The van der Waals surface area contributed by atoms with Crippen LogP contribution in [0.3, 0.4) is 0 Å². The van der Waals surface area contributed by atoms with Crippen molar-refractivity contribution >= 4 is 23.3 Å². The number of nitrogens with zero attached hydrogens (tertiary/aromatic N) is 2. The molecule has 1 aromatic rings. The molecule has 1 aromatic carbocycles. The van der Waals surface area contributed by atoms with Crippen LogP contribution in [0.4, 0.5) is 11.4 Å². The SMILES string of the molecule is CC1(C(=O)O)CCN(C(=O)c2ccc(NC3CC3)c([N+](=O)[O-])c2)C1. The fourth-order valence-corrected chi connectivity index (χ4v) is 2.88. The molecule has 24 heavy (non-hydrogen) atoms. The average molecular weight is 333 g/mol. The van der Waals surface area contributed by atoms with Crippen LogP contribution in [0.25, 0.3) is 0 Å². The van der Waals surface area contributed by atoms with Crippen LogP contribution >= 0.6 is 0 Å². The second-order valence-corrected chi connectivity index (χ2v) is 6.75. The Morgan fingerprint density at radius 3 is 2.67 bits per heavy atom. The molecule has 1 saturated heterocycles. The highest BCUT2D eigenvalue weighted by Gasteiger charge is 2.42. The number of hydrogen-bond acceptors (Lipinski definition) is 5. The summed E-state index contributed by atoms with van der Waals surface area (Å²) < 4.78 is 0. The molecule has 8 heteroatoms. The Bertz CT molecular complexity index is 716. The van der Waals surface area contributed by atoms with Gasteiger partial charge in [0.1, 0.15) is 5.69 Å². The molecule has 1 aliphatic carbocycles. The Hall–Kier alpha value is -2.64. The molecule has 0 spiro atoms. The van der Waals surface area contributed by atoms with E-state index in [1.807, 2.05) is 0 Å². The zero-order chi connectivity index (χ0) is 17.5. The summed E-state index contributed by atoms with van der Waals surface area (Å²) in [4.78, 5) is 36.1. The smallest absolute Gasteiger partial charge is 0.311 e. The maximum absolute atomic E-state index is 12.6. The van der Waals surface area contributed by atoms with Crippen molar-refractivity contribution in [3.63, 3.8) is 0 Å². The minimum absolute atomic E-state index is 0.108. The lowest BCUT2D eigenvalue weighted by atomic mass is 9.90. The van der Waals surface area contributed by atoms with Gasteiger partial charge in [0.25, 0.3) is 11.6 Å². The van der Waals surface area contributed by atoms with Crippen molar-refractivity contribution < 1.29 is 19.6 Å². The summed E-state index contributed by atoms with van der Waals surface area (Å²) in [5, 5.41) is 23.6. The van der Waals surface area contributed by atoms with Gasteiger partial charge in [-0.05, 0) is 38.3 Å². The number of hydrogen-bond donors (Lipinski definition) is 2. The first kappa shape index (κ1) is 16.2. The molecule has 2 aliphatic rings. The molecule has 1 atom stereocenters. The van der Waals surface area contributed by atoms with E-state index in [2.05, 4.69) is 5.32 Å². The van der Waals surface area contributed by atoms with Gasteiger partial charge in [-0.3, -0.25) is 19.7 Å². The Labute approximate surface area is 138 Å². The Kier molecular flexibility index (Phi) is 3.90. The summed E-state index contributed by atoms with van der Waals surface area (Å²) >= 11 is 0. The van der Waals surface area contributed by atoms with Crippen LogP contribution in [-0.4, -0.2) is 45.9 Å². The highest BCUT2D eigenvalue weighted by Crippen LogP contribution is 2.34. The molecule has 1 unspecified atom stereocenters. The number of nitrogens with one attached hydrogen (secondary N) is 1. The lowest BCUT2D eigenvalue weighted by Gasteiger charge is -2.20. The number of benzene rings is 1. The van der Waals surface area contributed by atoms with Gasteiger partial charge in [-0.1, -0.05) is 0 Å². The fourth-order valence-electron chi connectivity index (χ4n) is 2.88. The van der Waals surface area contributed by atoms with Gasteiger partial charge in [-0.15, -0.1) is 0 Å². The number of carboxylic acids is 1. The maximum Gasteiger partial charge on any atom is 0.311 e. The molecular weight excluding hydrogens is 314 g/mol. The number of nitro benzene ring substituents is 1. The number of anilines is 1. The molecule has 8 nitrogen and oxygen atoms in total. The van der Waals surface area contributed by atoms with E-state index in [1.54, 1.807) is 19.1 Å². The van der Waals surface area contributed by atoms with E-state index in [0.29, 0.717) is 18.7 Å². The third-order valence-corrected chi connectivity index (χ3v) is 4.66. The monoisotopic (exact) mass is 333 g/mol. The van der Waals surface area contributed by atoms with E-state index in [0.717, 1.165) is 12.8 Å². The number of amides is 1. The molecule has 2 N–H and O–H groups in total. The van der Waals surface area contributed by atoms with Gasteiger partial charge in [-0.25, -0.2) is 0 Å². The van der Waals surface area contributed by atoms with Gasteiger partial charge in [-0.2, -0.15) is 0 Å². The highest BCUT2D eigenvalue weighted by molar-refractivity contribution is 5.96. The lowest BCUT2D eigenvalue weighted by Crippen LogP contribution is -2.34. The minimum Gasteiger partial charge on any atom is -0.481 e. The summed E-state index contributed by atoms with van der Waals surface area (Å²) in [5.41, 5.74) is -0.476. The van der Waals surface area contributed by atoms with Crippen molar-refractivity contribution in [2.45, 2.75) is 32.2 Å².